The summed E-state index contributed by atoms with van der Waals surface area (Å²) in [5.74, 6) is 0.751. The highest BCUT2D eigenvalue weighted by molar-refractivity contribution is 5.84. The minimum Gasteiger partial charge on any atom is -0.497 e. The van der Waals surface area contributed by atoms with E-state index in [2.05, 4.69) is 15.3 Å². The highest BCUT2D eigenvalue weighted by atomic mass is 16.6. The van der Waals surface area contributed by atoms with Crippen molar-refractivity contribution in [3.63, 3.8) is 0 Å². The van der Waals surface area contributed by atoms with Gasteiger partial charge in [-0.25, -0.2) is 14.8 Å². The van der Waals surface area contributed by atoms with Crippen LogP contribution in [0.2, 0.25) is 0 Å². The van der Waals surface area contributed by atoms with Crippen LogP contribution in [0.25, 0.3) is 0 Å². The van der Waals surface area contributed by atoms with Gasteiger partial charge in [-0.2, -0.15) is 0 Å². The van der Waals surface area contributed by atoms with Crippen LogP contribution in [-0.2, 0) is 4.74 Å². The normalized spacial score (nSPS) is 20.4. The molecule has 1 atom stereocenters. The number of anilines is 1. The molecule has 0 spiro atoms. The minimum atomic E-state index is -0.418. The van der Waals surface area contributed by atoms with Gasteiger partial charge in [0.15, 0.2) is 0 Å². The largest absolute Gasteiger partial charge is 0.497 e. The molecule has 1 heterocycles. The molecule has 2 rings (SSSR count). The van der Waals surface area contributed by atoms with Crippen LogP contribution in [0, 0.1) is 0 Å². The molecule has 1 aliphatic rings. The molecule has 0 aromatic heterocycles. The van der Waals surface area contributed by atoms with Crippen molar-refractivity contribution in [2.75, 3.05) is 39.6 Å². The van der Waals surface area contributed by atoms with Crippen LogP contribution >= 0.6 is 0 Å². The molecule has 1 saturated heterocycles. The van der Waals surface area contributed by atoms with Crippen molar-refractivity contribution in [2.24, 2.45) is 0 Å². The second-order valence-electron chi connectivity index (χ2n) is 4.89. The second-order valence-corrected chi connectivity index (χ2v) is 4.89. The molecule has 1 unspecified atom stereocenters. The Kier molecular flexibility index (Phi) is 4.81. The molecule has 1 amide bonds. The van der Waals surface area contributed by atoms with Crippen molar-refractivity contribution in [1.82, 2.24) is 10.0 Å². The fraction of sp³-hybridized carbons (Fsp3) is 0.500. The van der Waals surface area contributed by atoms with E-state index < -0.39 is 6.09 Å². The summed E-state index contributed by atoms with van der Waals surface area (Å²) in [6, 6.07) is 7.14. The first-order valence-electron chi connectivity index (χ1n) is 6.62. The summed E-state index contributed by atoms with van der Waals surface area (Å²) in [6.07, 6.45) is 0.351. The first kappa shape index (κ1) is 14.6. The lowest BCUT2D eigenvalue weighted by Gasteiger charge is -2.36. The molecular formula is C14H21N3O3. The fourth-order valence-corrected chi connectivity index (χ4v) is 2.10. The van der Waals surface area contributed by atoms with E-state index in [0.29, 0.717) is 12.2 Å². The zero-order valence-electron chi connectivity index (χ0n) is 12.1. The maximum Gasteiger partial charge on any atom is 0.411 e. The van der Waals surface area contributed by atoms with E-state index >= 15 is 0 Å². The molecule has 1 fully saturated rings. The van der Waals surface area contributed by atoms with Gasteiger partial charge in [-0.05, 0) is 30.7 Å². The number of hydrogen-bond acceptors (Lipinski definition) is 5. The van der Waals surface area contributed by atoms with Crippen LogP contribution in [-0.4, -0.2) is 56.5 Å². The predicted molar refractivity (Wildman–Crippen MR) is 76.8 cm³/mol. The minimum absolute atomic E-state index is 0.0746. The lowest BCUT2D eigenvalue weighted by molar-refractivity contribution is -0.0597. The monoisotopic (exact) mass is 279 g/mol. The molecule has 110 valence electrons. The van der Waals surface area contributed by atoms with Crippen molar-refractivity contribution in [3.8, 4) is 5.75 Å². The Balaban J connectivity index is 1.82. The van der Waals surface area contributed by atoms with Gasteiger partial charge in [0.25, 0.3) is 0 Å². The summed E-state index contributed by atoms with van der Waals surface area (Å²) < 4.78 is 10.5. The van der Waals surface area contributed by atoms with Crippen molar-refractivity contribution < 1.29 is 14.3 Å². The summed E-state index contributed by atoms with van der Waals surface area (Å²) in [6.45, 7) is 1.60. The first-order valence-corrected chi connectivity index (χ1v) is 6.62. The van der Waals surface area contributed by atoms with Crippen LogP contribution < -0.4 is 10.1 Å². The summed E-state index contributed by atoms with van der Waals surface area (Å²) in [5, 5.41) is 6.88. The van der Waals surface area contributed by atoms with Crippen molar-refractivity contribution in [1.29, 1.82) is 0 Å². The number of nitrogens with one attached hydrogen (secondary N) is 1. The number of carbonyl (C=O) groups excluding carboxylic acids is 1. The van der Waals surface area contributed by atoms with Gasteiger partial charge in [-0.15, -0.1) is 0 Å². The van der Waals surface area contributed by atoms with E-state index in [1.807, 2.05) is 14.1 Å². The molecule has 20 heavy (non-hydrogen) atoms. The van der Waals surface area contributed by atoms with E-state index in [1.165, 1.54) is 0 Å². The molecule has 1 aromatic carbocycles. The number of rotatable bonds is 3. The Bertz CT molecular complexity index is 449. The molecular weight excluding hydrogens is 258 g/mol. The Morgan fingerprint density at radius 1 is 1.25 bits per heavy atom. The highest BCUT2D eigenvalue weighted by Gasteiger charge is 2.24. The van der Waals surface area contributed by atoms with Crippen molar-refractivity contribution in [2.45, 2.75) is 12.5 Å². The van der Waals surface area contributed by atoms with Gasteiger partial charge in [0.2, 0.25) is 0 Å². The number of hydrazine groups is 1. The van der Waals surface area contributed by atoms with Crippen LogP contribution in [0.15, 0.2) is 24.3 Å². The first-order chi connectivity index (χ1) is 9.58. The zero-order valence-corrected chi connectivity index (χ0v) is 12.1. The van der Waals surface area contributed by atoms with Gasteiger partial charge in [-0.3, -0.25) is 5.32 Å². The maximum absolute atomic E-state index is 11.8. The molecule has 0 saturated carbocycles. The summed E-state index contributed by atoms with van der Waals surface area (Å²) in [7, 11) is 5.61. The van der Waals surface area contributed by atoms with E-state index in [4.69, 9.17) is 9.47 Å². The second kappa shape index (κ2) is 6.58. The van der Waals surface area contributed by atoms with Crippen molar-refractivity contribution in [3.05, 3.63) is 24.3 Å². The number of nitrogens with zero attached hydrogens (tertiary/aromatic N) is 2. The zero-order chi connectivity index (χ0) is 14.5. The van der Waals surface area contributed by atoms with E-state index in [0.717, 1.165) is 18.7 Å². The van der Waals surface area contributed by atoms with Crippen LogP contribution in [0.4, 0.5) is 10.5 Å². The molecule has 0 radical (unpaired) electrons. The highest BCUT2D eigenvalue weighted by Crippen LogP contribution is 2.16. The third kappa shape index (κ3) is 3.85. The average Bonchev–Trinajstić information content (AvgIpc) is 2.44. The summed E-state index contributed by atoms with van der Waals surface area (Å²) in [4.78, 5) is 11.8. The molecule has 6 nitrogen and oxygen atoms in total. The standard InChI is InChI=1S/C14H21N3O3/c1-16-9-8-13(10-17(16)2)20-14(18)15-11-4-6-12(19-3)7-5-11/h4-7,13H,8-10H2,1-3H3,(H,15,18). The molecule has 0 aliphatic carbocycles. The maximum atomic E-state index is 11.8. The van der Waals surface area contributed by atoms with E-state index in [-0.39, 0.29) is 6.10 Å². The number of methoxy groups -OCH3 is 1. The van der Waals surface area contributed by atoms with Gasteiger partial charge in [0.05, 0.1) is 13.7 Å². The Labute approximate surface area is 119 Å². The predicted octanol–water partition coefficient (Wildman–Crippen LogP) is 1.79. The van der Waals surface area contributed by atoms with Gasteiger partial charge in [-0.1, -0.05) is 0 Å². The Morgan fingerprint density at radius 2 is 1.95 bits per heavy atom. The summed E-state index contributed by atoms with van der Waals surface area (Å²) >= 11 is 0. The third-order valence-corrected chi connectivity index (χ3v) is 3.44. The third-order valence-electron chi connectivity index (χ3n) is 3.44. The van der Waals surface area contributed by atoms with Gasteiger partial charge >= 0.3 is 6.09 Å². The average molecular weight is 279 g/mol. The topological polar surface area (TPSA) is 54.0 Å². The molecule has 0 bridgehead atoms. The number of amides is 1. The van der Waals surface area contributed by atoms with E-state index in [9.17, 15) is 4.79 Å². The number of carbonyl (C=O) groups is 1. The molecule has 1 N–H and O–H groups in total. The van der Waals surface area contributed by atoms with Crippen LogP contribution in [0.5, 0.6) is 5.75 Å². The van der Waals surface area contributed by atoms with Crippen LogP contribution in [0.3, 0.4) is 0 Å². The Hall–Kier alpha value is -1.79. The number of ether oxygens (including phenoxy) is 2. The molecule has 6 heteroatoms. The fourth-order valence-electron chi connectivity index (χ4n) is 2.10. The van der Waals surface area contributed by atoms with E-state index in [1.54, 1.807) is 31.4 Å². The van der Waals surface area contributed by atoms with Gasteiger partial charge in [0.1, 0.15) is 11.9 Å². The lowest BCUT2D eigenvalue weighted by Crippen LogP contribution is -2.49. The Morgan fingerprint density at radius 3 is 2.55 bits per heavy atom. The number of likely N-dealkylation sites (N-methyl/N-ethyl adjacent to an activating group) is 1. The SMILES string of the molecule is COc1ccc(NC(=O)OC2CCN(C)N(C)C2)cc1. The smallest absolute Gasteiger partial charge is 0.411 e. The lowest BCUT2D eigenvalue weighted by atomic mass is 10.2. The molecule has 1 aliphatic heterocycles. The molecule has 1 aromatic rings. The summed E-state index contributed by atoms with van der Waals surface area (Å²) in [5.41, 5.74) is 0.692. The van der Waals surface area contributed by atoms with Crippen molar-refractivity contribution >= 4 is 11.8 Å². The quantitative estimate of drug-likeness (QED) is 0.914. The van der Waals surface area contributed by atoms with Gasteiger partial charge < -0.3 is 9.47 Å². The number of hydrogen-bond donors (Lipinski definition) is 1. The van der Waals surface area contributed by atoms with Gasteiger partial charge in [0, 0.05) is 26.3 Å². The number of benzene rings is 1. The van der Waals surface area contributed by atoms with Crippen LogP contribution in [0.1, 0.15) is 6.42 Å².